The first-order chi connectivity index (χ1) is 15.1. The lowest BCUT2D eigenvalue weighted by Crippen LogP contribution is -2.60. The van der Waals surface area contributed by atoms with Gasteiger partial charge >= 0.3 is 0 Å². The Morgan fingerprint density at radius 3 is 2.90 bits per heavy atom. The van der Waals surface area contributed by atoms with E-state index in [1.165, 1.54) is 6.42 Å². The molecular formula is C24H27ClN4O2. The van der Waals surface area contributed by atoms with Crippen molar-refractivity contribution in [1.29, 1.82) is 0 Å². The maximum absolute atomic E-state index is 12.5. The second kappa shape index (κ2) is 8.50. The zero-order valence-electron chi connectivity index (χ0n) is 17.5. The van der Waals surface area contributed by atoms with E-state index in [0.29, 0.717) is 47.3 Å². The van der Waals surface area contributed by atoms with Crippen LogP contribution in [0.15, 0.2) is 42.6 Å². The van der Waals surface area contributed by atoms with Gasteiger partial charge in [0.2, 0.25) is 5.91 Å². The number of rotatable bonds is 4. The lowest BCUT2D eigenvalue weighted by atomic mass is 9.76. The van der Waals surface area contributed by atoms with Crippen molar-refractivity contribution < 1.29 is 9.59 Å². The normalized spacial score (nSPS) is 25.2. The summed E-state index contributed by atoms with van der Waals surface area (Å²) in [6.45, 7) is 3.15. The molecule has 3 fully saturated rings. The summed E-state index contributed by atoms with van der Waals surface area (Å²) in [6.07, 6.45) is 5.70. The fourth-order valence-corrected chi connectivity index (χ4v) is 5.65. The molecule has 31 heavy (non-hydrogen) atoms. The standard InChI is InChI=1S/C24H27ClN4O2/c25-20-4-1-3-16(10-20)11-27-24(31)18-7-8-22(26-12-18)28-13-17-9-19(15-28)21-5-2-6-23(30)29(21)14-17/h1,3-4,7-8,10,12,17,19,21H,2,5-6,9,11,13-15H2,(H,27,31)/t17-,19-,21-/m1/s1. The van der Waals surface area contributed by atoms with E-state index in [0.717, 1.165) is 43.9 Å². The number of anilines is 1. The number of amides is 2. The Morgan fingerprint density at radius 1 is 1.19 bits per heavy atom. The maximum atomic E-state index is 12.5. The SMILES string of the molecule is O=C(NCc1cccc(Cl)c1)c1ccc(N2C[C@H]3C[C@H](C2)[C@H]2CCCC(=O)N2C3)nc1. The highest BCUT2D eigenvalue weighted by atomic mass is 35.5. The molecule has 6 nitrogen and oxygen atoms in total. The first-order valence-corrected chi connectivity index (χ1v) is 11.5. The largest absolute Gasteiger partial charge is 0.356 e. The molecule has 2 amide bonds. The topological polar surface area (TPSA) is 65.5 Å². The van der Waals surface area contributed by atoms with Gasteiger partial charge in [0.1, 0.15) is 5.82 Å². The van der Waals surface area contributed by atoms with Crippen LogP contribution in [0.5, 0.6) is 0 Å². The van der Waals surface area contributed by atoms with Crippen LogP contribution in [-0.2, 0) is 11.3 Å². The number of pyridine rings is 1. The van der Waals surface area contributed by atoms with Gasteiger partial charge < -0.3 is 15.1 Å². The fraction of sp³-hybridized carbons (Fsp3) is 0.458. The van der Waals surface area contributed by atoms with Crippen LogP contribution in [0.25, 0.3) is 0 Å². The molecule has 2 bridgehead atoms. The Balaban J connectivity index is 1.22. The highest BCUT2D eigenvalue weighted by molar-refractivity contribution is 6.30. The number of nitrogens with one attached hydrogen (secondary N) is 1. The third kappa shape index (κ3) is 4.26. The van der Waals surface area contributed by atoms with Crippen molar-refractivity contribution in [2.75, 3.05) is 24.5 Å². The van der Waals surface area contributed by atoms with Crippen LogP contribution in [0.4, 0.5) is 5.82 Å². The summed E-state index contributed by atoms with van der Waals surface area (Å²) in [4.78, 5) is 33.9. The lowest BCUT2D eigenvalue weighted by molar-refractivity contribution is -0.142. The second-order valence-electron chi connectivity index (χ2n) is 8.99. The van der Waals surface area contributed by atoms with Crippen LogP contribution in [-0.4, -0.2) is 47.4 Å². The van der Waals surface area contributed by atoms with Crippen LogP contribution in [0.2, 0.25) is 5.02 Å². The van der Waals surface area contributed by atoms with E-state index in [1.54, 1.807) is 6.20 Å². The number of hydrogen-bond donors (Lipinski definition) is 1. The molecule has 0 spiro atoms. The van der Waals surface area contributed by atoms with Crippen LogP contribution in [0.1, 0.15) is 41.6 Å². The maximum Gasteiger partial charge on any atom is 0.253 e. The number of fused-ring (bicyclic) bond motifs is 4. The van der Waals surface area contributed by atoms with Crippen molar-refractivity contribution in [3.63, 3.8) is 0 Å². The number of carbonyl (C=O) groups is 2. The molecule has 162 valence electrons. The van der Waals surface area contributed by atoms with Crippen molar-refractivity contribution in [3.8, 4) is 0 Å². The van der Waals surface area contributed by atoms with Crippen molar-refractivity contribution in [2.45, 2.75) is 38.3 Å². The molecule has 1 aromatic carbocycles. The number of halogens is 1. The van der Waals surface area contributed by atoms with Crippen LogP contribution in [0.3, 0.4) is 0 Å². The Kier molecular flexibility index (Phi) is 5.57. The summed E-state index contributed by atoms with van der Waals surface area (Å²) in [7, 11) is 0. The molecule has 2 aromatic rings. The highest BCUT2D eigenvalue weighted by Gasteiger charge is 2.44. The number of benzene rings is 1. The van der Waals surface area contributed by atoms with Crippen LogP contribution < -0.4 is 10.2 Å². The van der Waals surface area contributed by atoms with Crippen molar-refractivity contribution in [1.82, 2.24) is 15.2 Å². The average molecular weight is 439 g/mol. The van der Waals surface area contributed by atoms with Gasteiger partial charge in [-0.1, -0.05) is 23.7 Å². The minimum absolute atomic E-state index is 0.147. The third-order valence-corrected chi connectivity index (χ3v) is 7.09. The van der Waals surface area contributed by atoms with Gasteiger partial charge in [-0.3, -0.25) is 9.59 Å². The smallest absolute Gasteiger partial charge is 0.253 e. The molecule has 1 aromatic heterocycles. The number of piperidine rings is 3. The zero-order chi connectivity index (χ0) is 21.4. The van der Waals surface area contributed by atoms with Crippen molar-refractivity contribution in [2.24, 2.45) is 11.8 Å². The van der Waals surface area contributed by atoms with Gasteiger partial charge in [-0.05, 0) is 60.9 Å². The molecule has 3 aliphatic heterocycles. The molecule has 0 aliphatic carbocycles. The number of nitrogens with zero attached hydrogens (tertiary/aromatic N) is 3. The zero-order valence-corrected chi connectivity index (χ0v) is 18.2. The van der Waals surface area contributed by atoms with E-state index < -0.39 is 0 Å². The van der Waals surface area contributed by atoms with E-state index >= 15 is 0 Å². The number of carbonyl (C=O) groups excluding carboxylic acids is 2. The fourth-order valence-electron chi connectivity index (χ4n) is 5.44. The van der Waals surface area contributed by atoms with E-state index in [1.807, 2.05) is 36.4 Å². The van der Waals surface area contributed by atoms with Gasteiger partial charge in [-0.25, -0.2) is 4.98 Å². The predicted molar refractivity (Wildman–Crippen MR) is 120 cm³/mol. The first kappa shape index (κ1) is 20.3. The van der Waals surface area contributed by atoms with Crippen LogP contribution in [0, 0.1) is 11.8 Å². The predicted octanol–water partition coefficient (Wildman–Crippen LogP) is 3.50. The lowest BCUT2D eigenvalue weighted by Gasteiger charge is -2.52. The monoisotopic (exact) mass is 438 g/mol. The molecule has 0 unspecified atom stereocenters. The summed E-state index contributed by atoms with van der Waals surface area (Å²) in [5, 5.41) is 3.58. The minimum atomic E-state index is -0.147. The average Bonchev–Trinajstić information content (AvgIpc) is 2.78. The summed E-state index contributed by atoms with van der Waals surface area (Å²) < 4.78 is 0. The Morgan fingerprint density at radius 2 is 2.10 bits per heavy atom. The quantitative estimate of drug-likeness (QED) is 0.793. The molecule has 5 rings (SSSR count). The molecule has 7 heteroatoms. The molecule has 0 saturated carbocycles. The summed E-state index contributed by atoms with van der Waals surface area (Å²) in [6, 6.07) is 11.6. The molecule has 4 heterocycles. The Bertz CT molecular complexity index is 980. The Hall–Kier alpha value is -2.60. The van der Waals surface area contributed by atoms with Gasteiger partial charge in [0.25, 0.3) is 5.91 Å². The molecule has 3 saturated heterocycles. The second-order valence-corrected chi connectivity index (χ2v) is 9.43. The first-order valence-electron chi connectivity index (χ1n) is 11.1. The highest BCUT2D eigenvalue weighted by Crippen LogP contribution is 2.38. The van der Waals surface area contributed by atoms with Gasteiger partial charge in [-0.2, -0.15) is 0 Å². The minimum Gasteiger partial charge on any atom is -0.356 e. The third-order valence-electron chi connectivity index (χ3n) is 6.86. The van der Waals surface area contributed by atoms with Gasteiger partial charge in [0.15, 0.2) is 0 Å². The number of aromatic nitrogens is 1. The molecule has 3 aliphatic rings. The van der Waals surface area contributed by atoms with Gasteiger partial charge in [-0.15, -0.1) is 0 Å². The summed E-state index contributed by atoms with van der Waals surface area (Å²) in [5.41, 5.74) is 1.51. The molecule has 3 atom stereocenters. The molecule has 1 N–H and O–H groups in total. The van der Waals surface area contributed by atoms with E-state index in [4.69, 9.17) is 11.6 Å². The molecular weight excluding hydrogens is 412 g/mol. The Labute approximate surface area is 187 Å². The number of hydrogen-bond acceptors (Lipinski definition) is 4. The summed E-state index contributed by atoms with van der Waals surface area (Å²) in [5.74, 6) is 2.12. The van der Waals surface area contributed by atoms with E-state index in [2.05, 4.69) is 20.1 Å². The molecule has 0 radical (unpaired) electrons. The van der Waals surface area contributed by atoms with E-state index in [9.17, 15) is 9.59 Å². The van der Waals surface area contributed by atoms with Gasteiger partial charge in [0, 0.05) is 49.9 Å². The van der Waals surface area contributed by atoms with Gasteiger partial charge in [0.05, 0.1) is 5.56 Å². The van der Waals surface area contributed by atoms with E-state index in [-0.39, 0.29) is 5.91 Å². The summed E-state index contributed by atoms with van der Waals surface area (Å²) >= 11 is 6.00. The van der Waals surface area contributed by atoms with Crippen molar-refractivity contribution >= 4 is 29.2 Å². The van der Waals surface area contributed by atoms with Crippen molar-refractivity contribution in [3.05, 3.63) is 58.7 Å². The van der Waals surface area contributed by atoms with Crippen LogP contribution >= 0.6 is 11.6 Å².